The Kier molecular flexibility index (Phi) is 5.27. The number of hydrogen-bond donors (Lipinski definition) is 1. The molecule has 2 fully saturated rings. The second-order valence-electron chi connectivity index (χ2n) is 8.45. The lowest BCUT2D eigenvalue weighted by atomic mass is 9.92. The van der Waals surface area contributed by atoms with Gasteiger partial charge in [0.15, 0.2) is 0 Å². The molecule has 0 aliphatic carbocycles. The molecular weight excluding hydrogens is 406 g/mol. The van der Waals surface area contributed by atoms with Crippen LogP contribution in [0.4, 0.5) is 8.78 Å². The number of fused-ring (bicyclic) bond motifs is 1. The summed E-state index contributed by atoms with van der Waals surface area (Å²) in [5, 5.41) is 0. The summed E-state index contributed by atoms with van der Waals surface area (Å²) in [6.07, 6.45) is 3.10. The summed E-state index contributed by atoms with van der Waals surface area (Å²) in [6.45, 7) is 2.20. The van der Waals surface area contributed by atoms with E-state index >= 15 is 0 Å². The van der Waals surface area contributed by atoms with Crippen molar-refractivity contribution in [3.63, 3.8) is 0 Å². The molecule has 3 atom stereocenters. The highest BCUT2D eigenvalue weighted by Gasteiger charge is 2.42. The number of nitrogens with zero attached hydrogens (tertiary/aromatic N) is 3. The zero-order valence-electron chi connectivity index (χ0n) is 17.4. The first-order chi connectivity index (χ1) is 15.0. The maximum absolute atomic E-state index is 13.9. The molecule has 2 saturated heterocycles. The molecule has 1 aromatic rings. The van der Waals surface area contributed by atoms with Gasteiger partial charge in [-0.15, -0.1) is 0 Å². The first kappa shape index (κ1) is 20.5. The molecule has 1 aromatic heterocycles. The van der Waals surface area contributed by atoms with Crippen LogP contribution in [0, 0.1) is 5.92 Å². The Labute approximate surface area is 179 Å². The highest BCUT2D eigenvalue weighted by atomic mass is 19.3. The number of allylic oxidation sites excluding steroid dienone is 1. The predicted octanol–water partition coefficient (Wildman–Crippen LogP) is 2.95. The van der Waals surface area contributed by atoms with Gasteiger partial charge in [-0.2, -0.15) is 0 Å². The lowest BCUT2D eigenvalue weighted by molar-refractivity contribution is -0.0248. The molecule has 166 valence electrons. The summed E-state index contributed by atoms with van der Waals surface area (Å²) in [7, 11) is 1.57. The Morgan fingerprint density at radius 1 is 1.29 bits per heavy atom. The normalized spacial score (nSPS) is 30.5. The number of aromatic nitrogens is 1. The van der Waals surface area contributed by atoms with E-state index in [1.165, 1.54) is 12.1 Å². The van der Waals surface area contributed by atoms with Crippen molar-refractivity contribution in [1.29, 1.82) is 0 Å². The minimum absolute atomic E-state index is 0.0722. The third kappa shape index (κ3) is 3.54. The first-order valence-electron chi connectivity index (χ1n) is 10.6. The van der Waals surface area contributed by atoms with E-state index in [0.717, 1.165) is 24.3 Å². The molecule has 0 radical (unpaired) electrons. The van der Waals surface area contributed by atoms with E-state index in [9.17, 15) is 8.78 Å². The van der Waals surface area contributed by atoms with Crippen molar-refractivity contribution in [2.24, 2.45) is 16.6 Å². The van der Waals surface area contributed by atoms with E-state index in [4.69, 9.17) is 24.9 Å². The molecule has 0 aromatic carbocycles. The van der Waals surface area contributed by atoms with Crippen LogP contribution in [-0.2, 0) is 19.8 Å². The van der Waals surface area contributed by atoms with E-state index in [0.29, 0.717) is 55.8 Å². The highest BCUT2D eigenvalue weighted by Crippen LogP contribution is 2.43. The van der Waals surface area contributed by atoms with Crippen molar-refractivity contribution in [2.75, 3.05) is 33.5 Å². The minimum Gasteiger partial charge on any atom is -0.384 e. The van der Waals surface area contributed by atoms with Crippen molar-refractivity contribution in [2.45, 2.75) is 37.3 Å². The van der Waals surface area contributed by atoms with Crippen LogP contribution < -0.4 is 5.73 Å². The third-order valence-corrected chi connectivity index (χ3v) is 6.73. The van der Waals surface area contributed by atoms with Crippen molar-refractivity contribution in [3.8, 4) is 0 Å². The molecule has 31 heavy (non-hydrogen) atoms. The van der Waals surface area contributed by atoms with Gasteiger partial charge in [0.1, 0.15) is 11.4 Å². The van der Waals surface area contributed by atoms with Gasteiger partial charge in [-0.3, -0.25) is 0 Å². The number of rotatable bonds is 5. The molecule has 7 nitrogen and oxygen atoms in total. The molecule has 0 bridgehead atoms. The molecule has 5 heterocycles. The number of methoxy groups -OCH3 is 1. The summed E-state index contributed by atoms with van der Waals surface area (Å²) in [4.78, 5) is 11.2. The average Bonchev–Trinajstić information content (AvgIpc) is 3.52. The Morgan fingerprint density at radius 2 is 2.16 bits per heavy atom. The Balaban J connectivity index is 1.61. The van der Waals surface area contributed by atoms with Crippen LogP contribution >= 0.6 is 0 Å². The van der Waals surface area contributed by atoms with Gasteiger partial charge in [-0.1, -0.05) is 0 Å². The first-order valence-corrected chi connectivity index (χ1v) is 10.6. The van der Waals surface area contributed by atoms with Crippen molar-refractivity contribution < 1.29 is 23.0 Å². The topological polar surface area (TPSA) is 82.2 Å². The Morgan fingerprint density at radius 3 is 2.84 bits per heavy atom. The SMILES string of the molecule is COC1(c2cc(C(F)F)cc(C3=C4C=C(N)N=CN4C(C4CCOC4)C3)n2)CCOC1. The second kappa shape index (κ2) is 7.96. The van der Waals surface area contributed by atoms with E-state index in [1.807, 2.05) is 0 Å². The minimum atomic E-state index is -2.62. The van der Waals surface area contributed by atoms with Crippen LogP contribution in [0.2, 0.25) is 0 Å². The number of alkyl halides is 2. The Bertz CT molecular complexity index is 950. The number of aliphatic imine (C=N–C) groups is 1. The molecule has 5 rings (SSSR count). The van der Waals surface area contributed by atoms with E-state index in [-0.39, 0.29) is 11.6 Å². The fourth-order valence-corrected chi connectivity index (χ4v) is 4.93. The van der Waals surface area contributed by atoms with Gasteiger partial charge < -0.3 is 24.8 Å². The van der Waals surface area contributed by atoms with Crippen LogP contribution in [-0.4, -0.2) is 55.8 Å². The summed E-state index contributed by atoms with van der Waals surface area (Å²) < 4.78 is 44.6. The van der Waals surface area contributed by atoms with Gasteiger partial charge in [-0.05, 0) is 25.0 Å². The number of hydrogen-bond acceptors (Lipinski definition) is 7. The number of pyridine rings is 1. The standard InChI is InChI=1S/C22H26F2N4O3/c1-29-22(3-5-31-11-22)19-7-14(21(23)24)6-16(27-19)15-8-17(13-2-4-30-10-13)28-12-26-20(25)9-18(15)28/h6-7,9,12-13,17,21H,2-5,8,10-11,25H2,1H3. The second-order valence-corrected chi connectivity index (χ2v) is 8.45. The third-order valence-electron chi connectivity index (χ3n) is 6.73. The van der Waals surface area contributed by atoms with Crippen LogP contribution in [0.5, 0.6) is 0 Å². The van der Waals surface area contributed by atoms with E-state index < -0.39 is 12.0 Å². The Hall–Kier alpha value is -2.36. The maximum atomic E-state index is 13.9. The number of nitrogens with two attached hydrogens (primary N) is 1. The zero-order chi connectivity index (χ0) is 21.6. The largest absolute Gasteiger partial charge is 0.384 e. The predicted molar refractivity (Wildman–Crippen MR) is 110 cm³/mol. The average molecular weight is 432 g/mol. The summed E-state index contributed by atoms with van der Waals surface area (Å²) in [6, 6.07) is 3.06. The molecule has 4 aliphatic heterocycles. The lowest BCUT2D eigenvalue weighted by Crippen LogP contribution is -2.36. The molecule has 9 heteroatoms. The van der Waals surface area contributed by atoms with Crippen molar-refractivity contribution in [1.82, 2.24) is 9.88 Å². The van der Waals surface area contributed by atoms with Gasteiger partial charge in [0.2, 0.25) is 0 Å². The van der Waals surface area contributed by atoms with Crippen LogP contribution in [0.15, 0.2) is 34.7 Å². The maximum Gasteiger partial charge on any atom is 0.263 e. The van der Waals surface area contributed by atoms with Gasteiger partial charge in [0.05, 0.1) is 36.6 Å². The van der Waals surface area contributed by atoms with Crippen molar-refractivity contribution in [3.05, 3.63) is 46.7 Å². The molecule has 0 spiro atoms. The molecule has 2 N–H and O–H groups in total. The van der Waals surface area contributed by atoms with E-state index in [1.54, 1.807) is 19.5 Å². The van der Waals surface area contributed by atoms with Crippen molar-refractivity contribution >= 4 is 11.9 Å². The zero-order valence-corrected chi connectivity index (χ0v) is 17.4. The van der Waals surface area contributed by atoms with Gasteiger partial charge >= 0.3 is 0 Å². The molecular formula is C22H26F2N4O3. The van der Waals surface area contributed by atoms with Crippen LogP contribution in [0.25, 0.3) is 5.57 Å². The van der Waals surface area contributed by atoms with Gasteiger partial charge in [-0.25, -0.2) is 18.8 Å². The fraction of sp³-hybridized carbons (Fsp3) is 0.545. The monoisotopic (exact) mass is 432 g/mol. The van der Waals surface area contributed by atoms with Gasteiger partial charge in [0, 0.05) is 55.9 Å². The fourth-order valence-electron chi connectivity index (χ4n) is 4.93. The smallest absolute Gasteiger partial charge is 0.263 e. The molecule has 0 saturated carbocycles. The molecule has 4 aliphatic rings. The van der Waals surface area contributed by atoms with E-state index in [2.05, 4.69) is 9.89 Å². The molecule has 3 unspecified atom stereocenters. The highest BCUT2D eigenvalue weighted by molar-refractivity contribution is 5.79. The summed E-state index contributed by atoms with van der Waals surface area (Å²) >= 11 is 0. The van der Waals surface area contributed by atoms with Gasteiger partial charge in [0.25, 0.3) is 6.43 Å². The summed E-state index contributed by atoms with van der Waals surface area (Å²) in [5.74, 6) is 0.716. The molecule has 0 amide bonds. The van der Waals surface area contributed by atoms with Crippen LogP contribution in [0.3, 0.4) is 0 Å². The summed E-state index contributed by atoms with van der Waals surface area (Å²) in [5.41, 5.74) is 7.85. The quantitative estimate of drug-likeness (QED) is 0.771. The lowest BCUT2D eigenvalue weighted by Gasteiger charge is -2.29. The van der Waals surface area contributed by atoms with Crippen LogP contribution in [0.1, 0.15) is 42.6 Å². The number of halogens is 2. The number of ether oxygens (including phenoxy) is 3.